The largest absolute Gasteiger partial charge is 0.381 e. The Kier molecular flexibility index (Phi) is 7.51. The first-order valence-electron chi connectivity index (χ1n) is 11.3. The van der Waals surface area contributed by atoms with Crippen LogP contribution in [-0.4, -0.2) is 42.8 Å². The van der Waals surface area contributed by atoms with Gasteiger partial charge in [-0.3, -0.25) is 9.59 Å². The van der Waals surface area contributed by atoms with Gasteiger partial charge in [0, 0.05) is 31.2 Å². The number of rotatable bonds is 7. The second kappa shape index (κ2) is 10.4. The highest BCUT2D eigenvalue weighted by Crippen LogP contribution is 2.36. The Hall–Kier alpha value is -2.23. The molecule has 1 saturated carbocycles. The summed E-state index contributed by atoms with van der Waals surface area (Å²) in [6.45, 7) is 1.16. The minimum Gasteiger partial charge on any atom is -0.381 e. The molecule has 0 spiro atoms. The van der Waals surface area contributed by atoms with Gasteiger partial charge in [0.25, 0.3) is 5.56 Å². The quantitative estimate of drug-likeness (QED) is 0.607. The number of aromatic nitrogens is 2. The fourth-order valence-electron chi connectivity index (χ4n) is 4.76. The van der Waals surface area contributed by atoms with Gasteiger partial charge in [-0.15, -0.1) is 0 Å². The second-order valence-corrected chi connectivity index (χ2v) is 11.4. The molecule has 2 N–H and O–H groups in total. The lowest BCUT2D eigenvalue weighted by Gasteiger charge is -2.27. The molecule has 0 aromatic carbocycles. The number of hydrogen-bond acceptors (Lipinski definition) is 6. The fourth-order valence-corrected chi connectivity index (χ4v) is 6.99. The van der Waals surface area contributed by atoms with E-state index < -0.39 is 32.5 Å². The monoisotopic (exact) mass is 493 g/mol. The molecule has 0 bridgehead atoms. The maximum absolute atomic E-state index is 13.5. The normalized spacial score (nSPS) is 18.8. The highest BCUT2D eigenvalue weighted by atomic mass is 35.5. The lowest BCUT2D eigenvalue weighted by atomic mass is 9.85. The first-order chi connectivity index (χ1) is 15.9. The van der Waals surface area contributed by atoms with Crippen molar-refractivity contribution >= 4 is 33.2 Å². The number of carbonyl (C=O) groups excluding carboxylic acids is 1. The molecule has 0 radical (unpaired) electrons. The van der Waals surface area contributed by atoms with Gasteiger partial charge in [-0.05, 0) is 56.2 Å². The number of nitrogens with zero attached hydrogens (tertiary/aromatic N) is 1. The highest BCUT2D eigenvalue weighted by molar-refractivity contribution is 7.92. The number of pyridine rings is 2. The summed E-state index contributed by atoms with van der Waals surface area (Å²) in [4.78, 5) is 33.2. The summed E-state index contributed by atoms with van der Waals surface area (Å²) in [5.74, 6) is -0.985. The van der Waals surface area contributed by atoms with Crippen molar-refractivity contribution in [2.45, 2.75) is 61.0 Å². The molecule has 2 aromatic heterocycles. The Morgan fingerprint density at radius 2 is 1.91 bits per heavy atom. The Morgan fingerprint density at radius 3 is 2.58 bits per heavy atom. The summed E-state index contributed by atoms with van der Waals surface area (Å²) >= 11 is 5.89. The zero-order valence-electron chi connectivity index (χ0n) is 18.3. The van der Waals surface area contributed by atoms with E-state index in [1.165, 1.54) is 18.5 Å². The van der Waals surface area contributed by atoms with Gasteiger partial charge in [0.2, 0.25) is 5.91 Å². The van der Waals surface area contributed by atoms with Gasteiger partial charge in [-0.25, -0.2) is 13.4 Å². The second-order valence-electron chi connectivity index (χ2n) is 8.73. The van der Waals surface area contributed by atoms with Crippen molar-refractivity contribution < 1.29 is 17.9 Å². The van der Waals surface area contributed by atoms with Crippen LogP contribution in [0.5, 0.6) is 0 Å². The SMILES string of the molecule is O=C(Nc1ccc(Cl)cn1)[C@@H](CC1CCOCC1)c1c(S(=O)(=O)C2CCCC2)cc[nH]c1=O. The van der Waals surface area contributed by atoms with Crippen LogP contribution in [0.2, 0.25) is 5.02 Å². The van der Waals surface area contributed by atoms with Gasteiger partial charge in [0.05, 0.1) is 21.1 Å². The predicted molar refractivity (Wildman–Crippen MR) is 125 cm³/mol. The van der Waals surface area contributed by atoms with Gasteiger partial charge >= 0.3 is 0 Å². The summed E-state index contributed by atoms with van der Waals surface area (Å²) in [6.07, 6.45) is 7.43. The third kappa shape index (κ3) is 5.47. The summed E-state index contributed by atoms with van der Waals surface area (Å²) in [7, 11) is -3.75. The van der Waals surface area contributed by atoms with E-state index in [0.29, 0.717) is 37.5 Å². The van der Waals surface area contributed by atoms with Gasteiger partial charge in [0.15, 0.2) is 9.84 Å². The number of carbonyl (C=O) groups is 1. The third-order valence-corrected chi connectivity index (χ3v) is 9.10. The van der Waals surface area contributed by atoms with Crippen LogP contribution in [0, 0.1) is 5.92 Å². The number of hydrogen-bond donors (Lipinski definition) is 2. The Bertz CT molecular complexity index is 1140. The molecule has 1 aliphatic carbocycles. The number of anilines is 1. The molecule has 2 fully saturated rings. The minimum absolute atomic E-state index is 0.0161. The third-order valence-electron chi connectivity index (χ3n) is 6.56. The summed E-state index contributed by atoms with van der Waals surface area (Å²) < 4.78 is 32.4. The average Bonchev–Trinajstić information content (AvgIpc) is 3.36. The van der Waals surface area contributed by atoms with E-state index in [2.05, 4.69) is 15.3 Å². The van der Waals surface area contributed by atoms with Crippen molar-refractivity contribution in [1.29, 1.82) is 0 Å². The topological polar surface area (TPSA) is 118 Å². The summed E-state index contributed by atoms with van der Waals surface area (Å²) in [5, 5.41) is 2.65. The molecule has 8 nitrogen and oxygen atoms in total. The molecule has 4 rings (SSSR count). The number of aromatic amines is 1. The molecule has 178 valence electrons. The minimum atomic E-state index is -3.75. The number of halogens is 1. The highest BCUT2D eigenvalue weighted by Gasteiger charge is 2.37. The van der Waals surface area contributed by atoms with E-state index in [1.807, 2.05) is 0 Å². The molecule has 1 aliphatic heterocycles. The Labute approximate surface area is 198 Å². The molecule has 1 amide bonds. The van der Waals surface area contributed by atoms with Crippen molar-refractivity contribution in [2.75, 3.05) is 18.5 Å². The van der Waals surface area contributed by atoms with E-state index in [-0.39, 0.29) is 22.2 Å². The molecule has 10 heteroatoms. The van der Waals surface area contributed by atoms with Crippen LogP contribution in [-0.2, 0) is 19.4 Å². The van der Waals surface area contributed by atoms with Crippen LogP contribution >= 0.6 is 11.6 Å². The van der Waals surface area contributed by atoms with Crippen LogP contribution in [0.15, 0.2) is 40.3 Å². The molecular weight excluding hydrogens is 466 g/mol. The van der Waals surface area contributed by atoms with Crippen LogP contribution < -0.4 is 10.9 Å². The molecule has 2 aromatic rings. The summed E-state index contributed by atoms with van der Waals surface area (Å²) in [6, 6.07) is 4.59. The van der Waals surface area contributed by atoms with E-state index >= 15 is 0 Å². The Balaban J connectivity index is 1.74. The van der Waals surface area contributed by atoms with Gasteiger partial charge in [-0.1, -0.05) is 24.4 Å². The van der Waals surface area contributed by atoms with Crippen molar-refractivity contribution in [3.63, 3.8) is 0 Å². The standard InChI is InChI=1S/C23H28ClN3O5S/c24-16-5-6-20(26-14-16)27-22(28)18(13-15-8-11-32-12-9-15)21-19(7-10-25-23(21)29)33(30,31)17-3-1-2-4-17/h5-7,10,14-15,17-18H,1-4,8-9,11-13H2,(H,25,29)(H,26,27,28)/t18-/m0/s1. The predicted octanol–water partition coefficient (Wildman–Crippen LogP) is 3.68. The van der Waals surface area contributed by atoms with Crippen LogP contribution in [0.3, 0.4) is 0 Å². The average molecular weight is 494 g/mol. The van der Waals surface area contributed by atoms with E-state index in [0.717, 1.165) is 25.7 Å². The van der Waals surface area contributed by atoms with Crippen molar-refractivity contribution in [1.82, 2.24) is 9.97 Å². The zero-order valence-corrected chi connectivity index (χ0v) is 19.8. The molecule has 3 heterocycles. The van der Waals surface area contributed by atoms with Crippen molar-refractivity contribution in [3.05, 3.63) is 51.5 Å². The molecule has 1 saturated heterocycles. The maximum Gasteiger partial charge on any atom is 0.253 e. The zero-order chi connectivity index (χ0) is 23.4. The number of H-pyrrole nitrogens is 1. The van der Waals surface area contributed by atoms with Crippen molar-refractivity contribution in [3.8, 4) is 0 Å². The molecular formula is C23H28ClN3O5S. The fraction of sp³-hybridized carbons (Fsp3) is 0.522. The Morgan fingerprint density at radius 1 is 1.18 bits per heavy atom. The maximum atomic E-state index is 13.5. The summed E-state index contributed by atoms with van der Waals surface area (Å²) in [5.41, 5.74) is -0.535. The number of amides is 1. The van der Waals surface area contributed by atoms with Gasteiger partial charge in [0.1, 0.15) is 5.82 Å². The molecule has 33 heavy (non-hydrogen) atoms. The molecule has 1 atom stereocenters. The number of nitrogens with one attached hydrogen (secondary N) is 2. The van der Waals surface area contributed by atoms with Crippen LogP contribution in [0.4, 0.5) is 5.82 Å². The van der Waals surface area contributed by atoms with Crippen LogP contribution in [0.1, 0.15) is 56.4 Å². The molecule has 2 aliphatic rings. The van der Waals surface area contributed by atoms with Crippen LogP contribution in [0.25, 0.3) is 0 Å². The van der Waals surface area contributed by atoms with E-state index in [9.17, 15) is 18.0 Å². The van der Waals surface area contributed by atoms with E-state index in [4.69, 9.17) is 16.3 Å². The first kappa shape index (κ1) is 23.9. The lowest BCUT2D eigenvalue weighted by molar-refractivity contribution is -0.118. The number of sulfone groups is 1. The van der Waals surface area contributed by atoms with E-state index in [1.54, 1.807) is 12.1 Å². The first-order valence-corrected chi connectivity index (χ1v) is 13.2. The lowest BCUT2D eigenvalue weighted by Crippen LogP contribution is -2.33. The van der Waals surface area contributed by atoms with Gasteiger partial charge in [-0.2, -0.15) is 0 Å². The molecule has 0 unspecified atom stereocenters. The number of ether oxygens (including phenoxy) is 1. The smallest absolute Gasteiger partial charge is 0.253 e. The van der Waals surface area contributed by atoms with Crippen molar-refractivity contribution in [2.24, 2.45) is 5.92 Å². The van der Waals surface area contributed by atoms with Gasteiger partial charge < -0.3 is 15.0 Å².